The highest BCUT2D eigenvalue weighted by Crippen LogP contribution is 2.32. The van der Waals surface area contributed by atoms with Crippen molar-refractivity contribution in [3.63, 3.8) is 0 Å². The van der Waals surface area contributed by atoms with Gasteiger partial charge in [0.15, 0.2) is 0 Å². The molecule has 96 valence electrons. The first-order chi connectivity index (χ1) is 7.90. The van der Waals surface area contributed by atoms with Crippen LogP contribution in [0, 0.1) is 5.82 Å². The van der Waals surface area contributed by atoms with Crippen LogP contribution in [0.2, 0.25) is 5.02 Å². The first-order valence-corrected chi connectivity index (χ1v) is 6.64. The molecule has 2 N–H and O–H groups in total. The summed E-state index contributed by atoms with van der Waals surface area (Å²) in [5.41, 5.74) is -1.07. The number of nitrogens with one attached hydrogen (secondary N) is 1. The minimum absolute atomic E-state index is 0.00161. The highest BCUT2D eigenvalue weighted by atomic mass is 79.9. The zero-order valence-electron chi connectivity index (χ0n) is 9.86. The van der Waals surface area contributed by atoms with Gasteiger partial charge in [0.2, 0.25) is 0 Å². The van der Waals surface area contributed by atoms with E-state index in [2.05, 4.69) is 21.2 Å². The number of aliphatic hydroxyl groups is 1. The summed E-state index contributed by atoms with van der Waals surface area (Å²) in [5, 5.41) is 13.3. The Hall–Kier alpha value is -0.160. The molecule has 1 atom stereocenters. The summed E-state index contributed by atoms with van der Waals surface area (Å²) in [4.78, 5) is 0. The van der Waals surface area contributed by atoms with E-state index >= 15 is 0 Å². The summed E-state index contributed by atoms with van der Waals surface area (Å²) in [6.07, 6.45) is 0.958. The molecule has 0 radical (unpaired) electrons. The fraction of sp³-hybridized carbons (Fsp3) is 0.500. The lowest BCUT2D eigenvalue weighted by Crippen LogP contribution is -2.36. The predicted molar refractivity (Wildman–Crippen MR) is 71.8 cm³/mol. The first-order valence-electron chi connectivity index (χ1n) is 5.47. The van der Waals surface area contributed by atoms with Gasteiger partial charge in [0.05, 0.1) is 5.02 Å². The number of halogens is 3. The summed E-state index contributed by atoms with van der Waals surface area (Å²) >= 11 is 8.94. The van der Waals surface area contributed by atoms with Gasteiger partial charge in [0, 0.05) is 16.6 Å². The molecule has 0 aliphatic rings. The molecule has 0 bridgehead atoms. The lowest BCUT2D eigenvalue weighted by Gasteiger charge is -2.25. The Labute approximate surface area is 114 Å². The smallest absolute Gasteiger partial charge is 0.149 e. The number of hydrogen-bond acceptors (Lipinski definition) is 2. The molecule has 0 amide bonds. The van der Waals surface area contributed by atoms with Gasteiger partial charge in [-0.25, -0.2) is 4.39 Å². The van der Waals surface area contributed by atoms with E-state index in [-0.39, 0.29) is 17.1 Å². The Morgan fingerprint density at radius 2 is 2.18 bits per heavy atom. The predicted octanol–water partition coefficient (Wildman–Crippen LogP) is 3.45. The minimum Gasteiger partial charge on any atom is -0.384 e. The van der Waals surface area contributed by atoms with Crippen molar-refractivity contribution in [1.29, 1.82) is 0 Å². The molecule has 0 aliphatic carbocycles. The highest BCUT2D eigenvalue weighted by Gasteiger charge is 2.27. The van der Waals surface area contributed by atoms with Crippen LogP contribution in [0.25, 0.3) is 0 Å². The van der Waals surface area contributed by atoms with E-state index in [0.29, 0.717) is 4.47 Å². The van der Waals surface area contributed by atoms with Crippen molar-refractivity contribution in [3.05, 3.63) is 33.0 Å². The van der Waals surface area contributed by atoms with Crippen molar-refractivity contribution < 1.29 is 9.50 Å². The van der Waals surface area contributed by atoms with Gasteiger partial charge in [-0.1, -0.05) is 24.6 Å². The van der Waals surface area contributed by atoms with Gasteiger partial charge < -0.3 is 10.4 Å². The van der Waals surface area contributed by atoms with Gasteiger partial charge in [0.25, 0.3) is 0 Å². The molecule has 5 heteroatoms. The van der Waals surface area contributed by atoms with Crippen LogP contribution >= 0.6 is 27.5 Å². The molecule has 2 nitrogen and oxygen atoms in total. The molecular weight excluding hydrogens is 308 g/mol. The van der Waals surface area contributed by atoms with Gasteiger partial charge in [0.1, 0.15) is 11.4 Å². The maximum atomic E-state index is 13.9. The Morgan fingerprint density at radius 1 is 1.53 bits per heavy atom. The molecule has 0 heterocycles. The average molecular weight is 325 g/mol. The molecular formula is C12H16BrClFNO. The normalized spacial score (nSPS) is 14.7. The number of rotatable bonds is 5. The van der Waals surface area contributed by atoms with E-state index < -0.39 is 11.4 Å². The quantitative estimate of drug-likeness (QED) is 0.642. The van der Waals surface area contributed by atoms with Crippen LogP contribution in [0.3, 0.4) is 0 Å². The second-order valence-corrected chi connectivity index (χ2v) is 5.41. The Kier molecular flexibility index (Phi) is 5.38. The van der Waals surface area contributed by atoms with Crippen LogP contribution in [0.5, 0.6) is 0 Å². The third kappa shape index (κ3) is 3.65. The monoisotopic (exact) mass is 323 g/mol. The largest absolute Gasteiger partial charge is 0.384 e. The zero-order chi connectivity index (χ0) is 13.1. The summed E-state index contributed by atoms with van der Waals surface area (Å²) in [6.45, 7) is 4.66. The highest BCUT2D eigenvalue weighted by molar-refractivity contribution is 9.10. The summed E-state index contributed by atoms with van der Waals surface area (Å²) in [7, 11) is 0. The van der Waals surface area contributed by atoms with Crippen molar-refractivity contribution in [2.75, 3.05) is 13.1 Å². The van der Waals surface area contributed by atoms with E-state index in [9.17, 15) is 9.50 Å². The molecule has 0 saturated heterocycles. The Balaban J connectivity index is 2.94. The molecule has 1 rings (SSSR count). The second-order valence-electron chi connectivity index (χ2n) is 4.17. The van der Waals surface area contributed by atoms with Crippen LogP contribution in [0.1, 0.15) is 25.8 Å². The maximum Gasteiger partial charge on any atom is 0.149 e. The zero-order valence-corrected chi connectivity index (χ0v) is 12.2. The molecule has 1 unspecified atom stereocenters. The molecule has 1 aromatic rings. The standard InChI is InChI=1S/C12H16BrClFNO/c1-3-6-16-7-12(2,17)8-4-5-9(13)10(14)11(8)15/h4-5,16-17H,3,6-7H2,1-2H3. The fourth-order valence-electron chi connectivity index (χ4n) is 1.55. The minimum atomic E-state index is -1.27. The van der Waals surface area contributed by atoms with Gasteiger partial charge in [-0.2, -0.15) is 0 Å². The van der Waals surface area contributed by atoms with Crippen LogP contribution in [-0.2, 0) is 5.60 Å². The topological polar surface area (TPSA) is 32.3 Å². The van der Waals surface area contributed by atoms with Gasteiger partial charge >= 0.3 is 0 Å². The van der Waals surface area contributed by atoms with Gasteiger partial charge in [-0.05, 0) is 41.9 Å². The fourth-order valence-corrected chi connectivity index (χ4v) is 2.02. The Morgan fingerprint density at radius 3 is 2.76 bits per heavy atom. The lowest BCUT2D eigenvalue weighted by atomic mass is 9.95. The van der Waals surface area contributed by atoms with Crippen molar-refractivity contribution in [2.24, 2.45) is 0 Å². The average Bonchev–Trinajstić information content (AvgIpc) is 2.26. The van der Waals surface area contributed by atoms with Gasteiger partial charge in [-0.15, -0.1) is 0 Å². The van der Waals surface area contributed by atoms with Crippen LogP contribution in [0.15, 0.2) is 16.6 Å². The molecule has 0 spiro atoms. The van der Waals surface area contributed by atoms with E-state index in [1.807, 2.05) is 6.92 Å². The molecule has 0 aliphatic heterocycles. The first kappa shape index (κ1) is 14.9. The van der Waals surface area contributed by atoms with E-state index in [4.69, 9.17) is 11.6 Å². The van der Waals surface area contributed by atoms with E-state index in [0.717, 1.165) is 13.0 Å². The van der Waals surface area contributed by atoms with Crippen molar-refractivity contribution in [1.82, 2.24) is 5.32 Å². The maximum absolute atomic E-state index is 13.9. The summed E-state index contributed by atoms with van der Waals surface area (Å²) in [6, 6.07) is 3.17. The molecule has 0 saturated carbocycles. The van der Waals surface area contributed by atoms with Crippen molar-refractivity contribution >= 4 is 27.5 Å². The lowest BCUT2D eigenvalue weighted by molar-refractivity contribution is 0.0535. The molecule has 17 heavy (non-hydrogen) atoms. The third-order valence-corrected chi connectivity index (χ3v) is 3.77. The van der Waals surface area contributed by atoms with Crippen molar-refractivity contribution in [3.8, 4) is 0 Å². The second kappa shape index (κ2) is 6.14. The molecule has 1 aromatic carbocycles. The Bertz CT molecular complexity index is 398. The number of benzene rings is 1. The van der Waals surface area contributed by atoms with Crippen LogP contribution < -0.4 is 5.32 Å². The molecule has 0 aromatic heterocycles. The summed E-state index contributed by atoms with van der Waals surface area (Å²) < 4.78 is 14.4. The molecule has 0 fully saturated rings. The van der Waals surface area contributed by atoms with Crippen LogP contribution in [0.4, 0.5) is 4.39 Å². The van der Waals surface area contributed by atoms with Gasteiger partial charge in [-0.3, -0.25) is 0 Å². The van der Waals surface area contributed by atoms with Crippen molar-refractivity contribution in [2.45, 2.75) is 25.9 Å². The van der Waals surface area contributed by atoms with E-state index in [1.165, 1.54) is 0 Å². The van der Waals surface area contributed by atoms with E-state index in [1.54, 1.807) is 19.1 Å². The third-order valence-electron chi connectivity index (χ3n) is 2.51. The SMILES string of the molecule is CCCNCC(C)(O)c1ccc(Br)c(Cl)c1F. The van der Waals surface area contributed by atoms with Crippen LogP contribution in [-0.4, -0.2) is 18.2 Å². The summed E-state index contributed by atoms with van der Waals surface area (Å²) in [5.74, 6) is -0.579. The number of hydrogen-bond donors (Lipinski definition) is 2.